The van der Waals surface area contributed by atoms with Crippen molar-refractivity contribution in [3.8, 4) is 0 Å². The van der Waals surface area contributed by atoms with Crippen molar-refractivity contribution in [3.05, 3.63) is 62.8 Å². The van der Waals surface area contributed by atoms with Gasteiger partial charge in [-0.1, -0.05) is 30.3 Å². The second-order valence-corrected chi connectivity index (χ2v) is 7.43. The van der Waals surface area contributed by atoms with Gasteiger partial charge in [0.25, 0.3) is 0 Å². The molecule has 2 N–H and O–H groups in total. The number of nitrogens with zero attached hydrogens (tertiary/aromatic N) is 1. The predicted molar refractivity (Wildman–Crippen MR) is 96.7 cm³/mol. The van der Waals surface area contributed by atoms with Gasteiger partial charge in [-0.2, -0.15) is 0 Å². The van der Waals surface area contributed by atoms with Gasteiger partial charge in [0.2, 0.25) is 11.8 Å². The molecule has 1 heterocycles. The van der Waals surface area contributed by atoms with Crippen molar-refractivity contribution in [2.75, 3.05) is 6.54 Å². The number of rotatable bonds is 7. The molecule has 0 unspecified atom stereocenters. The summed E-state index contributed by atoms with van der Waals surface area (Å²) >= 11 is 4.94. The van der Waals surface area contributed by atoms with E-state index in [0.717, 1.165) is 14.2 Å². The lowest BCUT2D eigenvalue weighted by Gasteiger charge is -2.20. The Bertz CT molecular complexity index is 698. The summed E-state index contributed by atoms with van der Waals surface area (Å²) in [7, 11) is 0. The van der Waals surface area contributed by atoms with Gasteiger partial charge in [0.15, 0.2) is 0 Å². The number of thiophene rings is 1. The Morgan fingerprint density at radius 3 is 2.52 bits per heavy atom. The molecule has 0 spiro atoms. The maximum absolute atomic E-state index is 12.4. The first kappa shape index (κ1) is 17.4. The van der Waals surface area contributed by atoms with E-state index in [1.165, 1.54) is 6.08 Å². The number of benzene rings is 1. The van der Waals surface area contributed by atoms with Crippen molar-refractivity contribution < 1.29 is 9.59 Å². The summed E-state index contributed by atoms with van der Waals surface area (Å²) in [4.78, 5) is 26.1. The second kappa shape index (κ2) is 8.64. The van der Waals surface area contributed by atoms with Crippen LogP contribution in [0.3, 0.4) is 0 Å². The van der Waals surface area contributed by atoms with E-state index < -0.39 is 5.91 Å². The molecule has 2 aromatic rings. The first-order chi connectivity index (χ1) is 11.0. The second-order valence-electron chi connectivity index (χ2n) is 4.94. The minimum atomic E-state index is -0.415. The van der Waals surface area contributed by atoms with Gasteiger partial charge >= 0.3 is 0 Å². The van der Waals surface area contributed by atoms with E-state index in [0.29, 0.717) is 13.1 Å². The largest absolute Gasteiger partial charge is 0.370 e. The van der Waals surface area contributed by atoms with Crippen LogP contribution in [0, 0.1) is 0 Å². The highest BCUT2D eigenvalue weighted by molar-refractivity contribution is 9.11. The van der Waals surface area contributed by atoms with Gasteiger partial charge in [-0.05, 0) is 39.7 Å². The highest BCUT2D eigenvalue weighted by Gasteiger charge is 2.12. The number of carbonyl (C=O) groups is 2. The maximum Gasteiger partial charge on any atom is 0.246 e. The van der Waals surface area contributed by atoms with Crippen molar-refractivity contribution in [1.82, 2.24) is 4.90 Å². The first-order valence-corrected chi connectivity index (χ1v) is 8.70. The van der Waals surface area contributed by atoms with Crippen molar-refractivity contribution in [2.45, 2.75) is 13.0 Å². The zero-order valence-electron chi connectivity index (χ0n) is 12.4. The molecule has 6 heteroatoms. The molecule has 4 nitrogen and oxygen atoms in total. The molecule has 0 aliphatic heterocycles. The van der Waals surface area contributed by atoms with E-state index in [-0.39, 0.29) is 12.3 Å². The topological polar surface area (TPSA) is 63.4 Å². The predicted octanol–water partition coefficient (Wildman–Crippen LogP) is 3.43. The van der Waals surface area contributed by atoms with Gasteiger partial charge in [-0.15, -0.1) is 11.3 Å². The summed E-state index contributed by atoms with van der Waals surface area (Å²) in [6, 6.07) is 13.5. The number of carbonyl (C=O) groups excluding carboxylic acids is 2. The normalized spacial score (nSPS) is 10.8. The van der Waals surface area contributed by atoms with Gasteiger partial charge in [-0.3, -0.25) is 9.59 Å². The SMILES string of the molecule is NC(=O)CCN(Cc1ccccc1)C(=O)C=Cc1ccc(Br)s1. The van der Waals surface area contributed by atoms with Gasteiger partial charge in [0.05, 0.1) is 3.79 Å². The first-order valence-electron chi connectivity index (χ1n) is 7.09. The van der Waals surface area contributed by atoms with Crippen molar-refractivity contribution >= 4 is 45.2 Å². The van der Waals surface area contributed by atoms with Crippen LogP contribution < -0.4 is 5.73 Å². The third-order valence-electron chi connectivity index (χ3n) is 3.14. The summed E-state index contributed by atoms with van der Waals surface area (Å²) in [5, 5.41) is 0. The maximum atomic E-state index is 12.4. The number of nitrogens with two attached hydrogens (primary N) is 1. The Hall–Kier alpha value is -1.92. The Kier molecular flexibility index (Phi) is 6.55. The van der Waals surface area contributed by atoms with Gasteiger partial charge in [-0.25, -0.2) is 0 Å². The molecule has 0 radical (unpaired) electrons. The van der Waals surface area contributed by atoms with E-state index in [4.69, 9.17) is 5.73 Å². The van der Waals surface area contributed by atoms with Crippen molar-refractivity contribution in [2.24, 2.45) is 5.73 Å². The molecular weight excluding hydrogens is 376 g/mol. The molecule has 0 atom stereocenters. The fourth-order valence-corrected chi connectivity index (χ4v) is 3.32. The number of hydrogen-bond donors (Lipinski definition) is 1. The zero-order valence-corrected chi connectivity index (χ0v) is 14.8. The van der Waals surface area contributed by atoms with Crippen LogP contribution in [0.2, 0.25) is 0 Å². The molecule has 1 aromatic heterocycles. The molecular formula is C17H17BrN2O2S. The molecule has 0 bridgehead atoms. The van der Waals surface area contributed by atoms with Crippen LogP contribution in [0.1, 0.15) is 16.9 Å². The highest BCUT2D eigenvalue weighted by Crippen LogP contribution is 2.23. The molecule has 2 amide bonds. The lowest BCUT2D eigenvalue weighted by atomic mass is 10.2. The lowest BCUT2D eigenvalue weighted by molar-refractivity contribution is -0.127. The van der Waals surface area contributed by atoms with Crippen LogP contribution in [-0.4, -0.2) is 23.3 Å². The number of amides is 2. The molecule has 1 aromatic carbocycles. The molecule has 0 aliphatic carbocycles. The van der Waals surface area contributed by atoms with Crippen LogP contribution in [0.25, 0.3) is 6.08 Å². The Balaban J connectivity index is 2.06. The molecule has 0 saturated carbocycles. The standard InChI is InChI=1S/C17H17BrN2O2S/c18-15-8-6-14(23-15)7-9-17(22)20(11-10-16(19)21)12-13-4-2-1-3-5-13/h1-9H,10-12H2,(H2,19,21). The zero-order chi connectivity index (χ0) is 16.7. The van der Waals surface area contributed by atoms with Crippen LogP contribution in [-0.2, 0) is 16.1 Å². The van der Waals surface area contributed by atoms with E-state index in [9.17, 15) is 9.59 Å². The van der Waals surface area contributed by atoms with Crippen molar-refractivity contribution in [1.29, 1.82) is 0 Å². The number of halogens is 1. The lowest BCUT2D eigenvalue weighted by Crippen LogP contribution is -2.32. The highest BCUT2D eigenvalue weighted by atomic mass is 79.9. The van der Waals surface area contributed by atoms with Crippen LogP contribution >= 0.6 is 27.3 Å². The quantitative estimate of drug-likeness (QED) is 0.733. The molecule has 23 heavy (non-hydrogen) atoms. The Morgan fingerprint density at radius 1 is 1.17 bits per heavy atom. The summed E-state index contributed by atoms with van der Waals surface area (Å²) in [5.74, 6) is -0.554. The van der Waals surface area contributed by atoms with Gasteiger partial charge in [0, 0.05) is 30.5 Å². The van der Waals surface area contributed by atoms with Crippen LogP contribution in [0.5, 0.6) is 0 Å². The monoisotopic (exact) mass is 392 g/mol. The third-order valence-corrected chi connectivity index (χ3v) is 4.73. The molecule has 0 fully saturated rings. The van der Waals surface area contributed by atoms with Crippen molar-refractivity contribution in [3.63, 3.8) is 0 Å². The van der Waals surface area contributed by atoms with Gasteiger partial charge < -0.3 is 10.6 Å². The molecule has 120 valence electrons. The summed E-state index contributed by atoms with van der Waals surface area (Å²) in [5.41, 5.74) is 6.22. The molecule has 0 saturated heterocycles. The van der Waals surface area contributed by atoms with E-state index in [1.54, 1.807) is 22.3 Å². The van der Waals surface area contributed by atoms with E-state index >= 15 is 0 Å². The average Bonchev–Trinajstić information content (AvgIpc) is 2.95. The number of hydrogen-bond acceptors (Lipinski definition) is 3. The molecule has 2 rings (SSSR count). The minimum Gasteiger partial charge on any atom is -0.370 e. The van der Waals surface area contributed by atoms with Gasteiger partial charge in [0.1, 0.15) is 0 Å². The molecule has 0 aliphatic rings. The van der Waals surface area contributed by atoms with E-state index in [1.807, 2.05) is 42.5 Å². The average molecular weight is 393 g/mol. The minimum absolute atomic E-state index is 0.139. The van der Waals surface area contributed by atoms with E-state index in [2.05, 4.69) is 15.9 Å². The smallest absolute Gasteiger partial charge is 0.246 e. The summed E-state index contributed by atoms with van der Waals surface area (Å²) in [6.45, 7) is 0.757. The Morgan fingerprint density at radius 2 is 1.91 bits per heavy atom. The fraction of sp³-hybridized carbons (Fsp3) is 0.176. The summed E-state index contributed by atoms with van der Waals surface area (Å²) in [6.07, 6.45) is 3.46. The van der Waals surface area contributed by atoms with Crippen LogP contribution in [0.4, 0.5) is 0 Å². The number of primary amides is 1. The third kappa shape index (κ3) is 6.00. The fourth-order valence-electron chi connectivity index (χ4n) is 1.99. The summed E-state index contributed by atoms with van der Waals surface area (Å²) < 4.78 is 1.01. The Labute approximate surface area is 147 Å². The van der Waals surface area contributed by atoms with Crippen LogP contribution in [0.15, 0.2) is 52.3 Å².